The maximum atomic E-state index is 12.6. The minimum atomic E-state index is -0.581. The molecule has 2 heterocycles. The molecule has 138 valence electrons. The molecule has 0 aromatic heterocycles. The number of piperidine rings is 1. The van der Waals surface area contributed by atoms with Gasteiger partial charge in [-0.05, 0) is 36.5 Å². The number of nitrogens with one attached hydrogen (secondary N) is 1. The fourth-order valence-corrected chi connectivity index (χ4v) is 3.40. The molecule has 26 heavy (non-hydrogen) atoms. The molecule has 1 aromatic rings. The molecule has 1 saturated heterocycles. The number of benzene rings is 1. The number of aryl methyl sites for hydroxylation is 1. The number of carbonyl (C=O) groups excluding carboxylic acids is 4. The van der Waals surface area contributed by atoms with Gasteiger partial charge in [0.2, 0.25) is 11.8 Å². The van der Waals surface area contributed by atoms with Crippen LogP contribution in [0.3, 0.4) is 0 Å². The molecular formula is C19H22N2O5. The van der Waals surface area contributed by atoms with E-state index in [1.165, 1.54) is 0 Å². The van der Waals surface area contributed by atoms with Crippen LogP contribution in [0.5, 0.6) is 0 Å². The van der Waals surface area contributed by atoms with Crippen molar-refractivity contribution in [2.75, 3.05) is 13.2 Å². The van der Waals surface area contributed by atoms with E-state index in [1.807, 2.05) is 18.2 Å². The van der Waals surface area contributed by atoms with E-state index in [9.17, 15) is 19.2 Å². The number of rotatable bonds is 8. The van der Waals surface area contributed by atoms with E-state index < -0.39 is 11.9 Å². The molecule has 1 fully saturated rings. The summed E-state index contributed by atoms with van der Waals surface area (Å²) in [6.07, 6.45) is 3.54. The summed E-state index contributed by atoms with van der Waals surface area (Å²) < 4.78 is 5.36. The van der Waals surface area contributed by atoms with Crippen molar-refractivity contribution < 1.29 is 23.9 Å². The summed E-state index contributed by atoms with van der Waals surface area (Å²) >= 11 is 0. The van der Waals surface area contributed by atoms with Crippen LogP contribution >= 0.6 is 0 Å². The van der Waals surface area contributed by atoms with Crippen molar-refractivity contribution in [3.05, 3.63) is 34.9 Å². The van der Waals surface area contributed by atoms with Gasteiger partial charge in [-0.15, -0.1) is 0 Å². The molecule has 0 radical (unpaired) electrons. The highest BCUT2D eigenvalue weighted by molar-refractivity contribution is 6.05. The van der Waals surface area contributed by atoms with Gasteiger partial charge >= 0.3 is 0 Å². The maximum Gasteiger partial charge on any atom is 0.255 e. The number of imide groups is 1. The second kappa shape index (κ2) is 8.23. The molecule has 7 nitrogen and oxygen atoms in total. The van der Waals surface area contributed by atoms with Crippen molar-refractivity contribution in [2.24, 2.45) is 0 Å². The molecular weight excluding hydrogens is 336 g/mol. The number of ether oxygens (including phenoxy) is 1. The molecule has 3 amide bonds. The van der Waals surface area contributed by atoms with Gasteiger partial charge < -0.3 is 14.4 Å². The lowest BCUT2D eigenvalue weighted by Gasteiger charge is -2.29. The third-order valence-electron chi connectivity index (χ3n) is 4.72. The highest BCUT2D eigenvalue weighted by Crippen LogP contribution is 2.28. The Bertz CT molecular complexity index is 731. The predicted molar refractivity (Wildman–Crippen MR) is 92.3 cm³/mol. The van der Waals surface area contributed by atoms with Gasteiger partial charge in [-0.2, -0.15) is 0 Å². The highest BCUT2D eigenvalue weighted by Gasteiger charge is 2.38. The number of nitrogens with zero attached hydrogens (tertiary/aromatic N) is 1. The van der Waals surface area contributed by atoms with Gasteiger partial charge in [-0.1, -0.05) is 12.1 Å². The van der Waals surface area contributed by atoms with E-state index in [0.29, 0.717) is 38.2 Å². The van der Waals surface area contributed by atoms with Gasteiger partial charge in [0.25, 0.3) is 5.91 Å². The average molecular weight is 358 g/mol. The van der Waals surface area contributed by atoms with Crippen LogP contribution in [0.2, 0.25) is 0 Å². The summed E-state index contributed by atoms with van der Waals surface area (Å²) in [6.45, 7) is 1.43. The number of hydrogen-bond acceptors (Lipinski definition) is 5. The second-order valence-electron chi connectivity index (χ2n) is 6.56. The van der Waals surface area contributed by atoms with Crippen LogP contribution < -0.4 is 5.32 Å². The lowest BCUT2D eigenvalue weighted by Crippen LogP contribution is -2.52. The van der Waals surface area contributed by atoms with Gasteiger partial charge in [-0.25, -0.2) is 0 Å². The van der Waals surface area contributed by atoms with Crippen molar-refractivity contribution >= 4 is 24.0 Å². The van der Waals surface area contributed by atoms with Crippen LogP contribution in [0.1, 0.15) is 47.2 Å². The van der Waals surface area contributed by atoms with Crippen molar-refractivity contribution in [1.29, 1.82) is 0 Å². The van der Waals surface area contributed by atoms with Crippen LogP contribution in [0.25, 0.3) is 0 Å². The van der Waals surface area contributed by atoms with E-state index in [0.717, 1.165) is 30.3 Å². The Morgan fingerprint density at radius 2 is 2.08 bits per heavy atom. The van der Waals surface area contributed by atoms with Crippen LogP contribution in [0, 0.1) is 0 Å². The van der Waals surface area contributed by atoms with Crippen molar-refractivity contribution in [3.63, 3.8) is 0 Å². The molecule has 0 saturated carbocycles. The third-order valence-corrected chi connectivity index (χ3v) is 4.72. The Labute approximate surface area is 151 Å². The number of fused-ring (bicyclic) bond motifs is 1. The summed E-state index contributed by atoms with van der Waals surface area (Å²) in [4.78, 5) is 47.7. The molecule has 7 heteroatoms. The summed E-state index contributed by atoms with van der Waals surface area (Å²) in [5.41, 5.74) is 2.65. The summed E-state index contributed by atoms with van der Waals surface area (Å²) in [5, 5.41) is 2.31. The Morgan fingerprint density at radius 3 is 2.85 bits per heavy atom. The molecule has 3 rings (SSSR count). The van der Waals surface area contributed by atoms with Crippen molar-refractivity contribution in [3.8, 4) is 0 Å². The molecule has 2 aliphatic heterocycles. The van der Waals surface area contributed by atoms with Crippen LogP contribution in [-0.2, 0) is 32.1 Å². The van der Waals surface area contributed by atoms with E-state index in [-0.39, 0.29) is 18.2 Å². The van der Waals surface area contributed by atoms with Crippen molar-refractivity contribution in [2.45, 2.75) is 44.7 Å². The smallest absolute Gasteiger partial charge is 0.255 e. The first-order chi connectivity index (χ1) is 12.6. The van der Waals surface area contributed by atoms with E-state index >= 15 is 0 Å². The number of amides is 3. The predicted octanol–water partition coefficient (Wildman–Crippen LogP) is 0.986. The maximum absolute atomic E-state index is 12.6. The zero-order valence-electron chi connectivity index (χ0n) is 14.5. The first-order valence-electron chi connectivity index (χ1n) is 8.88. The molecule has 2 aliphatic rings. The van der Waals surface area contributed by atoms with Gasteiger partial charge in [0.05, 0.1) is 6.61 Å². The minimum Gasteiger partial charge on any atom is -0.381 e. The molecule has 0 spiro atoms. The number of hydrogen-bond donors (Lipinski definition) is 1. The summed E-state index contributed by atoms with van der Waals surface area (Å²) in [6, 6.07) is 5.16. The van der Waals surface area contributed by atoms with E-state index in [1.54, 1.807) is 4.90 Å². The zero-order chi connectivity index (χ0) is 18.5. The number of aldehydes is 1. The standard InChI is InChI=1S/C19H22N2O5/c22-8-2-10-26-9-1-3-13-4-5-15-14(11-13)12-21(19(15)25)16-6-7-17(23)20-18(16)24/h4-5,8,11,16H,1-3,6-7,9-10,12H2,(H,20,23,24). The SMILES string of the molecule is O=CCCOCCCc1ccc2c(c1)CN(C1CCC(=O)NC1=O)C2=O. The summed E-state index contributed by atoms with van der Waals surface area (Å²) in [7, 11) is 0. The normalized spacial score (nSPS) is 19.5. The van der Waals surface area contributed by atoms with E-state index in [2.05, 4.69) is 5.32 Å². The lowest BCUT2D eigenvalue weighted by molar-refractivity contribution is -0.136. The fourth-order valence-electron chi connectivity index (χ4n) is 3.40. The largest absolute Gasteiger partial charge is 0.381 e. The molecule has 1 atom stereocenters. The average Bonchev–Trinajstić information content (AvgIpc) is 2.94. The quantitative estimate of drug-likeness (QED) is 0.425. The van der Waals surface area contributed by atoms with Gasteiger partial charge in [-0.3, -0.25) is 19.7 Å². The van der Waals surface area contributed by atoms with E-state index in [4.69, 9.17) is 4.74 Å². The Kier molecular flexibility index (Phi) is 5.78. The third kappa shape index (κ3) is 3.99. The number of carbonyl (C=O) groups is 4. The van der Waals surface area contributed by atoms with Crippen LogP contribution in [0.4, 0.5) is 0 Å². The lowest BCUT2D eigenvalue weighted by atomic mass is 10.0. The zero-order valence-corrected chi connectivity index (χ0v) is 14.5. The Morgan fingerprint density at radius 1 is 1.23 bits per heavy atom. The first-order valence-corrected chi connectivity index (χ1v) is 8.88. The van der Waals surface area contributed by atoms with Crippen LogP contribution in [0.15, 0.2) is 18.2 Å². The first kappa shape index (κ1) is 18.3. The van der Waals surface area contributed by atoms with Gasteiger partial charge in [0.15, 0.2) is 0 Å². The fraction of sp³-hybridized carbons (Fsp3) is 0.474. The second-order valence-corrected chi connectivity index (χ2v) is 6.56. The van der Waals surface area contributed by atoms with Crippen molar-refractivity contribution in [1.82, 2.24) is 10.2 Å². The minimum absolute atomic E-state index is 0.154. The Balaban J connectivity index is 1.58. The summed E-state index contributed by atoms with van der Waals surface area (Å²) in [5.74, 6) is -0.832. The Hall–Kier alpha value is -2.54. The van der Waals surface area contributed by atoms with Gasteiger partial charge in [0, 0.05) is 31.6 Å². The topological polar surface area (TPSA) is 92.8 Å². The molecule has 1 aromatic carbocycles. The molecule has 1 N–H and O–H groups in total. The molecule has 1 unspecified atom stereocenters. The molecule has 0 bridgehead atoms. The highest BCUT2D eigenvalue weighted by atomic mass is 16.5. The monoisotopic (exact) mass is 358 g/mol. The molecule has 0 aliphatic carbocycles. The van der Waals surface area contributed by atoms with Crippen LogP contribution in [-0.4, -0.2) is 48.2 Å². The van der Waals surface area contributed by atoms with Gasteiger partial charge in [0.1, 0.15) is 12.3 Å².